The maximum absolute atomic E-state index is 13.7. The van der Waals surface area contributed by atoms with E-state index in [0.29, 0.717) is 38.1 Å². The van der Waals surface area contributed by atoms with Crippen molar-refractivity contribution in [3.8, 4) is 0 Å². The van der Waals surface area contributed by atoms with Crippen molar-refractivity contribution in [2.24, 2.45) is 11.8 Å². The highest BCUT2D eigenvalue weighted by molar-refractivity contribution is 6.08. The van der Waals surface area contributed by atoms with E-state index in [9.17, 15) is 19.5 Å². The van der Waals surface area contributed by atoms with Gasteiger partial charge in [0, 0.05) is 12.6 Å². The first kappa shape index (κ1) is 28.5. The van der Waals surface area contributed by atoms with E-state index in [1.807, 2.05) is 37.3 Å². The predicted molar refractivity (Wildman–Crippen MR) is 143 cm³/mol. The summed E-state index contributed by atoms with van der Waals surface area (Å²) in [6, 6.07) is 8.61. The van der Waals surface area contributed by atoms with Crippen molar-refractivity contribution in [2.45, 2.75) is 96.2 Å². The Morgan fingerprint density at radius 1 is 1.16 bits per heavy atom. The third-order valence-corrected chi connectivity index (χ3v) is 7.58. The summed E-state index contributed by atoms with van der Waals surface area (Å²) in [5, 5.41) is 26.2. The molecule has 3 atom stereocenters. The van der Waals surface area contributed by atoms with Crippen molar-refractivity contribution < 1.29 is 19.5 Å². The fourth-order valence-electron chi connectivity index (χ4n) is 5.83. The fourth-order valence-corrected chi connectivity index (χ4v) is 5.83. The monoisotopic (exact) mass is 513 g/mol. The highest BCUT2D eigenvalue weighted by Gasteiger charge is 2.52. The summed E-state index contributed by atoms with van der Waals surface area (Å²) < 4.78 is 0. The summed E-state index contributed by atoms with van der Waals surface area (Å²) >= 11 is 0. The first-order chi connectivity index (χ1) is 17.6. The minimum atomic E-state index is -1.19. The second-order valence-electron chi connectivity index (χ2n) is 11.0. The molecule has 1 aliphatic heterocycles. The number of carbonyl (C=O) groups excluding carboxylic acids is 2. The third kappa shape index (κ3) is 7.23. The van der Waals surface area contributed by atoms with E-state index in [4.69, 9.17) is 5.41 Å². The van der Waals surface area contributed by atoms with Crippen LogP contribution >= 0.6 is 0 Å². The van der Waals surface area contributed by atoms with Crippen LogP contribution in [0.4, 0.5) is 4.79 Å². The van der Waals surface area contributed by atoms with E-state index >= 15 is 0 Å². The zero-order valence-electron chi connectivity index (χ0n) is 22.4. The van der Waals surface area contributed by atoms with E-state index in [1.54, 1.807) is 0 Å². The molecule has 37 heavy (non-hydrogen) atoms. The topological polar surface area (TPSA) is 135 Å². The number of hydrogen-bond acceptors (Lipinski definition) is 4. The number of hydrogen-bond donors (Lipinski definition) is 5. The smallest absolute Gasteiger partial charge is 0.405 e. The second-order valence-corrected chi connectivity index (χ2v) is 11.0. The van der Waals surface area contributed by atoms with E-state index in [2.05, 4.69) is 29.8 Å². The largest absolute Gasteiger partial charge is 0.465 e. The van der Waals surface area contributed by atoms with Gasteiger partial charge in [-0.3, -0.25) is 19.9 Å². The minimum Gasteiger partial charge on any atom is -0.465 e. The molecule has 3 rings (SSSR count). The molecule has 204 valence electrons. The molecule has 2 aliphatic rings. The SMILES string of the molecule is CC(C)C[C@@]1(c2ccccc2)NC(=N)N(C(C)CCCNC(=O)C(CC2CCCCC2)NC(=O)O)C1=O. The molecule has 1 aromatic rings. The number of carbonyl (C=O) groups is 3. The summed E-state index contributed by atoms with van der Waals surface area (Å²) in [7, 11) is 0. The molecule has 1 aromatic carbocycles. The fraction of sp³-hybridized carbons (Fsp3) is 0.643. The molecule has 0 radical (unpaired) electrons. The van der Waals surface area contributed by atoms with Crippen LogP contribution in [0.1, 0.15) is 84.1 Å². The van der Waals surface area contributed by atoms with Gasteiger partial charge in [0.25, 0.3) is 5.91 Å². The molecule has 1 saturated carbocycles. The Labute approximate surface area is 220 Å². The Balaban J connectivity index is 1.56. The molecule has 9 nitrogen and oxygen atoms in total. The van der Waals surface area contributed by atoms with Gasteiger partial charge in [-0.15, -0.1) is 0 Å². The van der Waals surface area contributed by atoms with Crippen molar-refractivity contribution in [1.29, 1.82) is 5.41 Å². The molecule has 9 heteroatoms. The molecule has 1 saturated heterocycles. The molecule has 0 spiro atoms. The standard InChI is InChI=1S/C28H43N5O4/c1-19(2)18-28(22-14-8-5-9-15-22)25(35)33(26(29)32-28)20(3)11-10-16-30-24(34)23(31-27(36)37)17-21-12-6-4-7-13-21/h5,8-9,14-15,19-21,23,31H,4,6-7,10-13,16-18H2,1-3H3,(H2,29,32)(H,30,34)(H,36,37)/t20?,23?,28-/m0/s1. The molecule has 3 amide bonds. The van der Waals surface area contributed by atoms with Crippen molar-refractivity contribution in [3.05, 3.63) is 35.9 Å². The molecule has 5 N–H and O–H groups in total. The minimum absolute atomic E-state index is 0.101. The Hall–Kier alpha value is -3.10. The quantitative estimate of drug-likeness (QED) is 0.267. The third-order valence-electron chi connectivity index (χ3n) is 7.58. The Morgan fingerprint density at radius 3 is 2.46 bits per heavy atom. The van der Waals surface area contributed by atoms with E-state index in [-0.39, 0.29) is 29.7 Å². The second kappa shape index (κ2) is 12.9. The van der Waals surface area contributed by atoms with Crippen LogP contribution in [0.2, 0.25) is 0 Å². The van der Waals surface area contributed by atoms with Gasteiger partial charge in [-0.25, -0.2) is 4.79 Å². The van der Waals surface area contributed by atoms with Gasteiger partial charge >= 0.3 is 6.09 Å². The van der Waals surface area contributed by atoms with Crippen molar-refractivity contribution in [3.63, 3.8) is 0 Å². The number of guanidine groups is 1. The summed E-state index contributed by atoms with van der Waals surface area (Å²) in [5.74, 6) is 0.298. The van der Waals surface area contributed by atoms with Crippen LogP contribution in [0.25, 0.3) is 0 Å². The van der Waals surface area contributed by atoms with Crippen molar-refractivity contribution in [1.82, 2.24) is 20.9 Å². The van der Waals surface area contributed by atoms with Gasteiger partial charge in [0.05, 0.1) is 0 Å². The average Bonchev–Trinajstić information content (AvgIpc) is 3.11. The van der Waals surface area contributed by atoms with Gasteiger partial charge in [0.15, 0.2) is 5.96 Å². The van der Waals surface area contributed by atoms with Gasteiger partial charge in [0.1, 0.15) is 11.6 Å². The molecular formula is C28H43N5O4. The van der Waals surface area contributed by atoms with Crippen LogP contribution in [-0.4, -0.2) is 52.5 Å². The number of benzene rings is 1. The zero-order valence-corrected chi connectivity index (χ0v) is 22.4. The first-order valence-electron chi connectivity index (χ1n) is 13.7. The number of nitrogens with zero attached hydrogens (tertiary/aromatic N) is 1. The van der Waals surface area contributed by atoms with Gasteiger partial charge in [-0.2, -0.15) is 0 Å². The van der Waals surface area contributed by atoms with Gasteiger partial charge in [-0.1, -0.05) is 76.3 Å². The van der Waals surface area contributed by atoms with Crippen LogP contribution in [0.3, 0.4) is 0 Å². The van der Waals surface area contributed by atoms with Crippen LogP contribution in [0.15, 0.2) is 30.3 Å². The number of nitrogens with one attached hydrogen (secondary N) is 4. The zero-order chi connectivity index (χ0) is 27.0. The van der Waals surface area contributed by atoms with Crippen LogP contribution in [-0.2, 0) is 15.1 Å². The van der Waals surface area contributed by atoms with Crippen LogP contribution < -0.4 is 16.0 Å². The maximum Gasteiger partial charge on any atom is 0.405 e. The Morgan fingerprint density at radius 2 is 1.84 bits per heavy atom. The lowest BCUT2D eigenvalue weighted by Gasteiger charge is -2.30. The van der Waals surface area contributed by atoms with Gasteiger partial charge in [0.2, 0.25) is 5.91 Å². The maximum atomic E-state index is 13.7. The number of rotatable bonds is 12. The number of carboxylic acid groups (broad SMARTS) is 1. The molecular weight excluding hydrogens is 470 g/mol. The molecule has 1 heterocycles. The first-order valence-corrected chi connectivity index (χ1v) is 13.7. The van der Waals surface area contributed by atoms with Gasteiger partial charge in [-0.05, 0) is 50.0 Å². The molecule has 0 bridgehead atoms. The summed E-state index contributed by atoms with van der Waals surface area (Å²) in [6.45, 7) is 6.44. The molecule has 2 fully saturated rings. The predicted octanol–water partition coefficient (Wildman–Crippen LogP) is 4.19. The molecule has 0 aromatic heterocycles. The van der Waals surface area contributed by atoms with Crippen molar-refractivity contribution >= 4 is 23.9 Å². The number of amides is 3. The molecule has 1 aliphatic carbocycles. The van der Waals surface area contributed by atoms with E-state index < -0.39 is 17.7 Å². The lowest BCUT2D eigenvalue weighted by atomic mass is 9.82. The Kier molecular flexibility index (Phi) is 9.94. The lowest BCUT2D eigenvalue weighted by molar-refractivity contribution is -0.133. The Bertz CT molecular complexity index is 947. The van der Waals surface area contributed by atoms with E-state index in [0.717, 1.165) is 31.2 Å². The van der Waals surface area contributed by atoms with Crippen molar-refractivity contribution in [2.75, 3.05) is 6.54 Å². The van der Waals surface area contributed by atoms with Crippen LogP contribution in [0.5, 0.6) is 0 Å². The van der Waals surface area contributed by atoms with E-state index in [1.165, 1.54) is 11.3 Å². The normalized spacial score (nSPS) is 22.0. The highest BCUT2D eigenvalue weighted by Crippen LogP contribution is 2.36. The lowest BCUT2D eigenvalue weighted by Crippen LogP contribution is -2.48. The highest BCUT2D eigenvalue weighted by atomic mass is 16.4. The summed E-state index contributed by atoms with van der Waals surface area (Å²) in [5.41, 5.74) is -0.0977. The summed E-state index contributed by atoms with van der Waals surface area (Å²) in [4.78, 5) is 39.3. The average molecular weight is 514 g/mol. The molecule has 2 unspecified atom stereocenters. The van der Waals surface area contributed by atoms with Gasteiger partial charge < -0.3 is 21.1 Å². The van der Waals surface area contributed by atoms with Crippen LogP contribution in [0, 0.1) is 17.2 Å². The summed E-state index contributed by atoms with van der Waals surface area (Å²) in [6.07, 6.45) is 6.66.